The highest BCUT2D eigenvalue weighted by Crippen LogP contribution is 2.37. The van der Waals surface area contributed by atoms with Crippen LogP contribution in [0.3, 0.4) is 0 Å². The standard InChI is InChI=1S/C14H28N2O3/c1-11-5-6-14(9-11,10-15)19-12(2)13(17)16-7-4-8-18-3/h11-12H,4-10,15H2,1-3H3,(H,16,17). The van der Waals surface area contributed by atoms with E-state index in [1.807, 2.05) is 0 Å². The van der Waals surface area contributed by atoms with Gasteiger partial charge in [0.2, 0.25) is 5.91 Å². The lowest BCUT2D eigenvalue weighted by Crippen LogP contribution is -2.46. The number of nitrogens with one attached hydrogen (secondary N) is 1. The average molecular weight is 272 g/mol. The third kappa shape index (κ3) is 5.09. The zero-order valence-electron chi connectivity index (χ0n) is 12.4. The zero-order valence-corrected chi connectivity index (χ0v) is 12.4. The van der Waals surface area contributed by atoms with Crippen molar-refractivity contribution in [1.82, 2.24) is 5.32 Å². The molecule has 0 radical (unpaired) electrons. The van der Waals surface area contributed by atoms with E-state index in [2.05, 4.69) is 12.2 Å². The lowest BCUT2D eigenvalue weighted by Gasteiger charge is -2.31. The molecule has 5 nitrogen and oxygen atoms in total. The maximum absolute atomic E-state index is 11.9. The van der Waals surface area contributed by atoms with Gasteiger partial charge < -0.3 is 20.5 Å². The van der Waals surface area contributed by atoms with Crippen LogP contribution in [0.15, 0.2) is 0 Å². The Morgan fingerprint density at radius 2 is 2.32 bits per heavy atom. The lowest BCUT2D eigenvalue weighted by atomic mass is 10.0. The van der Waals surface area contributed by atoms with Crippen molar-refractivity contribution >= 4 is 5.91 Å². The molecule has 0 bridgehead atoms. The summed E-state index contributed by atoms with van der Waals surface area (Å²) in [5.74, 6) is 0.559. The Morgan fingerprint density at radius 3 is 2.84 bits per heavy atom. The van der Waals surface area contributed by atoms with Gasteiger partial charge >= 0.3 is 0 Å². The van der Waals surface area contributed by atoms with Gasteiger partial charge in [0.1, 0.15) is 6.10 Å². The van der Waals surface area contributed by atoms with Crippen LogP contribution in [0, 0.1) is 5.92 Å². The number of hydrogen-bond acceptors (Lipinski definition) is 4. The van der Waals surface area contributed by atoms with E-state index in [1.54, 1.807) is 14.0 Å². The molecule has 0 saturated heterocycles. The summed E-state index contributed by atoms with van der Waals surface area (Å²) < 4.78 is 10.9. The van der Waals surface area contributed by atoms with Crippen LogP contribution in [0.4, 0.5) is 0 Å². The quantitative estimate of drug-likeness (QED) is 0.648. The molecule has 1 fully saturated rings. The van der Waals surface area contributed by atoms with Crippen LogP contribution in [0.2, 0.25) is 0 Å². The second kappa shape index (κ2) is 7.82. The van der Waals surface area contributed by atoms with Crippen LogP contribution in [-0.4, -0.2) is 44.4 Å². The minimum atomic E-state index is -0.448. The second-order valence-corrected chi connectivity index (χ2v) is 5.63. The monoisotopic (exact) mass is 272 g/mol. The topological polar surface area (TPSA) is 73.6 Å². The summed E-state index contributed by atoms with van der Waals surface area (Å²) in [6.45, 7) is 5.76. The van der Waals surface area contributed by atoms with Gasteiger partial charge in [0.05, 0.1) is 5.60 Å². The largest absolute Gasteiger partial charge is 0.385 e. The van der Waals surface area contributed by atoms with Gasteiger partial charge in [0.25, 0.3) is 0 Å². The van der Waals surface area contributed by atoms with Crippen molar-refractivity contribution in [2.75, 3.05) is 26.8 Å². The van der Waals surface area contributed by atoms with Gasteiger partial charge in [0, 0.05) is 26.8 Å². The molecule has 5 heteroatoms. The molecule has 19 heavy (non-hydrogen) atoms. The molecule has 3 N–H and O–H groups in total. The summed E-state index contributed by atoms with van der Waals surface area (Å²) >= 11 is 0. The van der Waals surface area contributed by atoms with Crippen molar-refractivity contribution in [3.63, 3.8) is 0 Å². The maximum Gasteiger partial charge on any atom is 0.248 e. The minimum absolute atomic E-state index is 0.0662. The Morgan fingerprint density at radius 1 is 1.58 bits per heavy atom. The van der Waals surface area contributed by atoms with Gasteiger partial charge in [-0.2, -0.15) is 0 Å². The molecule has 3 unspecified atom stereocenters. The molecule has 1 saturated carbocycles. The Hall–Kier alpha value is -0.650. The molecule has 0 spiro atoms. The molecule has 3 atom stereocenters. The fourth-order valence-corrected chi connectivity index (χ4v) is 2.69. The molecule has 112 valence electrons. The third-order valence-electron chi connectivity index (χ3n) is 3.81. The van der Waals surface area contributed by atoms with E-state index in [-0.39, 0.29) is 11.5 Å². The van der Waals surface area contributed by atoms with Gasteiger partial charge in [-0.3, -0.25) is 4.79 Å². The molecule has 0 aromatic heterocycles. The van der Waals surface area contributed by atoms with Crippen LogP contribution < -0.4 is 11.1 Å². The average Bonchev–Trinajstić information content (AvgIpc) is 2.76. The lowest BCUT2D eigenvalue weighted by molar-refractivity contribution is -0.144. The predicted octanol–water partition coefficient (Wildman–Crippen LogP) is 1.06. The Labute approximate surface area is 116 Å². The first-order valence-corrected chi connectivity index (χ1v) is 7.17. The first kappa shape index (κ1) is 16.4. The van der Waals surface area contributed by atoms with E-state index in [4.69, 9.17) is 15.2 Å². The van der Waals surface area contributed by atoms with Crippen molar-refractivity contribution < 1.29 is 14.3 Å². The van der Waals surface area contributed by atoms with Gasteiger partial charge in [0.15, 0.2) is 0 Å². The summed E-state index contributed by atoms with van der Waals surface area (Å²) in [7, 11) is 1.65. The highest BCUT2D eigenvalue weighted by atomic mass is 16.5. The zero-order chi connectivity index (χ0) is 14.3. The van der Waals surface area contributed by atoms with Crippen molar-refractivity contribution in [2.24, 2.45) is 11.7 Å². The van der Waals surface area contributed by atoms with E-state index in [1.165, 1.54) is 0 Å². The molecule has 1 rings (SSSR count). The summed E-state index contributed by atoms with van der Waals surface area (Å²) in [5.41, 5.74) is 5.54. The van der Waals surface area contributed by atoms with Crippen molar-refractivity contribution in [2.45, 2.75) is 51.2 Å². The molecule has 1 amide bonds. The first-order valence-electron chi connectivity index (χ1n) is 7.17. The molecule has 0 heterocycles. The van der Waals surface area contributed by atoms with E-state index in [0.717, 1.165) is 25.7 Å². The summed E-state index contributed by atoms with van der Waals surface area (Å²) in [4.78, 5) is 11.9. The summed E-state index contributed by atoms with van der Waals surface area (Å²) in [6, 6.07) is 0. The highest BCUT2D eigenvalue weighted by Gasteiger charge is 2.39. The fourth-order valence-electron chi connectivity index (χ4n) is 2.69. The fraction of sp³-hybridized carbons (Fsp3) is 0.929. The Kier molecular flexibility index (Phi) is 6.75. The highest BCUT2D eigenvalue weighted by molar-refractivity contribution is 5.80. The molecule has 0 aliphatic heterocycles. The number of nitrogens with two attached hydrogens (primary N) is 1. The normalized spacial score (nSPS) is 28.3. The van der Waals surface area contributed by atoms with Gasteiger partial charge in [-0.25, -0.2) is 0 Å². The predicted molar refractivity (Wildman–Crippen MR) is 74.9 cm³/mol. The number of rotatable bonds is 8. The van der Waals surface area contributed by atoms with Gasteiger partial charge in [-0.1, -0.05) is 6.92 Å². The van der Waals surface area contributed by atoms with Gasteiger partial charge in [-0.15, -0.1) is 0 Å². The van der Waals surface area contributed by atoms with Gasteiger partial charge in [-0.05, 0) is 38.5 Å². The Bertz CT molecular complexity index is 286. The molecule has 1 aliphatic rings. The number of hydrogen-bond donors (Lipinski definition) is 2. The van der Waals surface area contributed by atoms with E-state index < -0.39 is 6.10 Å². The number of carbonyl (C=O) groups excluding carboxylic acids is 1. The number of methoxy groups -OCH3 is 1. The van der Waals surface area contributed by atoms with Crippen LogP contribution >= 0.6 is 0 Å². The smallest absolute Gasteiger partial charge is 0.248 e. The number of ether oxygens (including phenoxy) is 2. The molecular formula is C14H28N2O3. The van der Waals surface area contributed by atoms with E-state index in [0.29, 0.717) is 25.6 Å². The second-order valence-electron chi connectivity index (χ2n) is 5.63. The van der Waals surface area contributed by atoms with Crippen LogP contribution in [-0.2, 0) is 14.3 Å². The Balaban J connectivity index is 2.36. The van der Waals surface area contributed by atoms with Crippen LogP contribution in [0.5, 0.6) is 0 Å². The molecule has 0 aromatic rings. The number of amides is 1. The van der Waals surface area contributed by atoms with Crippen LogP contribution in [0.25, 0.3) is 0 Å². The van der Waals surface area contributed by atoms with E-state index in [9.17, 15) is 4.79 Å². The summed E-state index contributed by atoms with van der Waals surface area (Å²) in [5, 5.41) is 2.86. The maximum atomic E-state index is 11.9. The van der Waals surface area contributed by atoms with Crippen molar-refractivity contribution in [3.8, 4) is 0 Å². The minimum Gasteiger partial charge on any atom is -0.385 e. The number of carbonyl (C=O) groups is 1. The molecular weight excluding hydrogens is 244 g/mol. The van der Waals surface area contributed by atoms with Crippen molar-refractivity contribution in [1.29, 1.82) is 0 Å². The molecule has 0 aromatic carbocycles. The summed E-state index contributed by atoms with van der Waals surface area (Å²) in [6.07, 6.45) is 3.39. The molecule has 1 aliphatic carbocycles. The SMILES string of the molecule is COCCCNC(=O)C(C)OC1(CN)CCC(C)C1. The van der Waals surface area contributed by atoms with Crippen molar-refractivity contribution in [3.05, 3.63) is 0 Å². The third-order valence-corrected chi connectivity index (χ3v) is 3.81. The van der Waals surface area contributed by atoms with Crippen LogP contribution in [0.1, 0.15) is 39.5 Å². The first-order chi connectivity index (χ1) is 9.03. The van der Waals surface area contributed by atoms with E-state index >= 15 is 0 Å².